The summed E-state index contributed by atoms with van der Waals surface area (Å²) >= 11 is 0. The third-order valence-electron chi connectivity index (χ3n) is 2.31. The summed E-state index contributed by atoms with van der Waals surface area (Å²) in [6.07, 6.45) is 0. The molecule has 15 heavy (non-hydrogen) atoms. The minimum Gasteiger partial charge on any atom is -0.468 e. The van der Waals surface area contributed by atoms with Crippen LogP contribution >= 0.6 is 0 Å². The molecule has 1 atom stereocenters. The number of carbonyl (C=O) groups excluding carboxylic acids is 1. The Morgan fingerprint density at radius 3 is 2.67 bits per heavy atom. The van der Waals surface area contributed by atoms with Crippen LogP contribution in [0.3, 0.4) is 0 Å². The molecule has 0 bridgehead atoms. The van der Waals surface area contributed by atoms with Gasteiger partial charge in [-0.15, -0.1) is 0 Å². The number of ether oxygens (including phenoxy) is 1. The van der Waals surface area contributed by atoms with Crippen molar-refractivity contribution in [2.75, 3.05) is 13.7 Å². The Morgan fingerprint density at radius 1 is 1.47 bits per heavy atom. The Balaban J connectivity index is 2.98. The Hall–Kier alpha value is -1.39. The molecular formula is C11H15NO3. The van der Waals surface area contributed by atoms with Gasteiger partial charge in [-0.25, -0.2) is 5.90 Å². The normalized spacial score (nSPS) is 12.2. The maximum Gasteiger partial charge on any atom is 0.315 e. The quantitative estimate of drug-likeness (QED) is 0.596. The first-order valence-electron chi connectivity index (χ1n) is 4.65. The second-order valence-electron chi connectivity index (χ2n) is 3.27. The number of nitrogens with two attached hydrogens (primary N) is 1. The van der Waals surface area contributed by atoms with Crippen molar-refractivity contribution < 1.29 is 14.4 Å². The summed E-state index contributed by atoms with van der Waals surface area (Å²) in [5.74, 6) is 4.21. The zero-order chi connectivity index (χ0) is 11.3. The summed E-state index contributed by atoms with van der Waals surface area (Å²) < 4.78 is 4.70. The highest BCUT2D eigenvalue weighted by atomic mass is 16.6. The van der Waals surface area contributed by atoms with E-state index < -0.39 is 5.92 Å². The minimum atomic E-state index is -0.457. The van der Waals surface area contributed by atoms with Crippen LogP contribution in [0.25, 0.3) is 0 Å². The van der Waals surface area contributed by atoms with Gasteiger partial charge in [0.2, 0.25) is 0 Å². The van der Waals surface area contributed by atoms with Crippen molar-refractivity contribution in [2.24, 2.45) is 5.90 Å². The second kappa shape index (κ2) is 5.48. The Kier molecular flexibility index (Phi) is 4.27. The van der Waals surface area contributed by atoms with E-state index in [-0.39, 0.29) is 12.6 Å². The Labute approximate surface area is 88.9 Å². The van der Waals surface area contributed by atoms with Gasteiger partial charge >= 0.3 is 5.97 Å². The molecule has 0 radical (unpaired) electrons. The average molecular weight is 209 g/mol. The molecule has 1 aromatic rings. The van der Waals surface area contributed by atoms with Crippen LogP contribution in [0.4, 0.5) is 0 Å². The van der Waals surface area contributed by atoms with Gasteiger partial charge in [-0.05, 0) is 18.1 Å². The SMILES string of the molecule is COC(=O)C(CON)c1ccccc1C. The lowest BCUT2D eigenvalue weighted by Gasteiger charge is -2.15. The number of aryl methyl sites for hydroxylation is 1. The van der Waals surface area contributed by atoms with E-state index in [1.165, 1.54) is 7.11 Å². The van der Waals surface area contributed by atoms with Gasteiger partial charge in [0.25, 0.3) is 0 Å². The van der Waals surface area contributed by atoms with Gasteiger partial charge < -0.3 is 9.57 Å². The molecule has 1 unspecified atom stereocenters. The predicted octanol–water partition coefficient (Wildman–Crippen LogP) is 1.14. The number of hydrogen-bond donors (Lipinski definition) is 1. The summed E-state index contributed by atoms with van der Waals surface area (Å²) in [4.78, 5) is 16.0. The molecule has 1 rings (SSSR count). The number of carbonyl (C=O) groups is 1. The van der Waals surface area contributed by atoms with Crippen LogP contribution in [0, 0.1) is 6.92 Å². The van der Waals surface area contributed by atoms with E-state index in [1.54, 1.807) is 0 Å². The van der Waals surface area contributed by atoms with Crippen LogP contribution < -0.4 is 5.90 Å². The molecule has 4 heteroatoms. The van der Waals surface area contributed by atoms with Gasteiger partial charge in [-0.2, -0.15) is 0 Å². The third kappa shape index (κ3) is 2.78. The van der Waals surface area contributed by atoms with Gasteiger partial charge in [-0.3, -0.25) is 4.79 Å². The predicted molar refractivity (Wildman–Crippen MR) is 56.1 cm³/mol. The molecule has 2 N–H and O–H groups in total. The maximum atomic E-state index is 11.5. The highest BCUT2D eigenvalue weighted by Crippen LogP contribution is 2.20. The summed E-state index contributed by atoms with van der Waals surface area (Å²) in [6.45, 7) is 2.05. The lowest BCUT2D eigenvalue weighted by Crippen LogP contribution is -2.22. The van der Waals surface area contributed by atoms with E-state index in [0.717, 1.165) is 11.1 Å². The van der Waals surface area contributed by atoms with Gasteiger partial charge in [0, 0.05) is 0 Å². The largest absolute Gasteiger partial charge is 0.468 e. The summed E-state index contributed by atoms with van der Waals surface area (Å²) in [5, 5.41) is 0. The van der Waals surface area contributed by atoms with Gasteiger partial charge in [0.1, 0.15) is 5.92 Å². The van der Waals surface area contributed by atoms with Crippen molar-refractivity contribution in [1.29, 1.82) is 0 Å². The molecule has 82 valence electrons. The van der Waals surface area contributed by atoms with E-state index >= 15 is 0 Å². The van der Waals surface area contributed by atoms with Crippen molar-refractivity contribution in [2.45, 2.75) is 12.8 Å². The fraction of sp³-hybridized carbons (Fsp3) is 0.364. The molecule has 0 amide bonds. The molecule has 0 heterocycles. The summed E-state index contributed by atoms with van der Waals surface area (Å²) in [5.41, 5.74) is 1.90. The van der Waals surface area contributed by atoms with Crippen LogP contribution in [-0.4, -0.2) is 19.7 Å². The zero-order valence-electron chi connectivity index (χ0n) is 8.90. The van der Waals surface area contributed by atoms with E-state index in [1.807, 2.05) is 31.2 Å². The third-order valence-corrected chi connectivity index (χ3v) is 2.31. The van der Waals surface area contributed by atoms with E-state index in [4.69, 9.17) is 10.6 Å². The molecule has 1 aromatic carbocycles. The maximum absolute atomic E-state index is 11.5. The molecule has 0 aliphatic carbocycles. The fourth-order valence-electron chi connectivity index (χ4n) is 1.50. The number of benzene rings is 1. The van der Waals surface area contributed by atoms with Crippen molar-refractivity contribution in [1.82, 2.24) is 0 Å². The smallest absolute Gasteiger partial charge is 0.315 e. The molecule has 0 saturated heterocycles. The minimum absolute atomic E-state index is 0.123. The van der Waals surface area contributed by atoms with Gasteiger partial charge in [0.15, 0.2) is 0 Å². The van der Waals surface area contributed by atoms with Crippen LogP contribution in [0.5, 0.6) is 0 Å². The first-order chi connectivity index (χ1) is 7.20. The van der Waals surface area contributed by atoms with Crippen molar-refractivity contribution >= 4 is 5.97 Å². The second-order valence-corrected chi connectivity index (χ2v) is 3.27. The van der Waals surface area contributed by atoms with E-state index in [9.17, 15) is 4.79 Å². The first kappa shape index (κ1) is 11.7. The summed E-state index contributed by atoms with van der Waals surface area (Å²) in [7, 11) is 1.35. The molecule has 0 fully saturated rings. The molecule has 0 aliphatic heterocycles. The topological polar surface area (TPSA) is 61.5 Å². The lowest BCUT2D eigenvalue weighted by atomic mass is 9.96. The summed E-state index contributed by atoms with van der Waals surface area (Å²) in [6, 6.07) is 7.59. The van der Waals surface area contributed by atoms with Crippen molar-refractivity contribution in [3.05, 3.63) is 35.4 Å². The number of rotatable bonds is 4. The van der Waals surface area contributed by atoms with Crippen LogP contribution in [0.1, 0.15) is 17.0 Å². The Morgan fingerprint density at radius 2 is 2.13 bits per heavy atom. The molecule has 0 saturated carbocycles. The fourth-order valence-corrected chi connectivity index (χ4v) is 1.50. The van der Waals surface area contributed by atoms with Crippen LogP contribution in [-0.2, 0) is 14.4 Å². The number of methoxy groups -OCH3 is 1. The Bertz CT molecular complexity index is 338. The molecule has 0 aromatic heterocycles. The molecular weight excluding hydrogens is 194 g/mol. The lowest BCUT2D eigenvalue weighted by molar-refractivity contribution is -0.144. The molecule has 0 spiro atoms. The zero-order valence-corrected chi connectivity index (χ0v) is 8.90. The highest BCUT2D eigenvalue weighted by Gasteiger charge is 2.22. The molecule has 4 nitrogen and oxygen atoms in total. The van der Waals surface area contributed by atoms with Gasteiger partial charge in [0.05, 0.1) is 13.7 Å². The monoisotopic (exact) mass is 209 g/mol. The molecule has 0 aliphatic rings. The number of esters is 1. The van der Waals surface area contributed by atoms with Gasteiger partial charge in [-0.1, -0.05) is 24.3 Å². The number of hydrogen-bond acceptors (Lipinski definition) is 4. The van der Waals surface area contributed by atoms with E-state index in [0.29, 0.717) is 0 Å². The first-order valence-corrected chi connectivity index (χ1v) is 4.65. The highest BCUT2D eigenvalue weighted by molar-refractivity contribution is 5.78. The van der Waals surface area contributed by atoms with Crippen LogP contribution in [0.2, 0.25) is 0 Å². The van der Waals surface area contributed by atoms with Crippen molar-refractivity contribution in [3.63, 3.8) is 0 Å². The van der Waals surface area contributed by atoms with E-state index in [2.05, 4.69) is 4.84 Å². The van der Waals surface area contributed by atoms with Crippen molar-refractivity contribution in [3.8, 4) is 0 Å². The standard InChI is InChI=1S/C11H15NO3/c1-8-5-3-4-6-9(8)10(7-15-12)11(13)14-2/h3-6,10H,7,12H2,1-2H3. The van der Waals surface area contributed by atoms with Crippen LogP contribution in [0.15, 0.2) is 24.3 Å². The average Bonchev–Trinajstić information content (AvgIpc) is 2.26.